The zero-order chi connectivity index (χ0) is 23.1. The molecule has 1 aliphatic rings. The van der Waals surface area contributed by atoms with Crippen LogP contribution in [0, 0.1) is 0 Å². The fourth-order valence-corrected chi connectivity index (χ4v) is 3.39. The number of ether oxygens (including phenoxy) is 1. The maximum Gasteiger partial charge on any atom is 0.293 e. The van der Waals surface area contributed by atoms with Crippen LogP contribution in [0.1, 0.15) is 99.8 Å². The van der Waals surface area contributed by atoms with E-state index in [0.717, 1.165) is 26.2 Å². The summed E-state index contributed by atoms with van der Waals surface area (Å²) in [6.45, 7) is 25.5. The number of nitrogens with zero attached hydrogens (tertiary/aromatic N) is 1. The maximum absolute atomic E-state index is 9.60. The number of hydrogen-bond donors (Lipinski definition) is 2. The number of unbranched alkanes of at least 4 members (excludes halogenated alkanes) is 4. The van der Waals surface area contributed by atoms with E-state index in [1.165, 1.54) is 82.0 Å². The zero-order valence-corrected chi connectivity index (χ0v) is 21.7. The van der Waals surface area contributed by atoms with E-state index in [2.05, 4.69) is 43.1 Å². The molecule has 0 atom stereocenters. The van der Waals surface area contributed by atoms with Gasteiger partial charge in [0.25, 0.3) is 6.47 Å². The Morgan fingerprint density at radius 1 is 0.700 bits per heavy atom. The van der Waals surface area contributed by atoms with Crippen LogP contribution in [0.5, 0.6) is 0 Å². The SMILES string of the molecule is C1CNCCN1.CC(C)(C)OC=O.CCCC[N+](CCCC)(CCCC)CCCC. The molecule has 1 rings (SSSR count). The minimum absolute atomic E-state index is 0.318. The van der Waals surface area contributed by atoms with E-state index in [-0.39, 0.29) is 5.60 Å². The van der Waals surface area contributed by atoms with Crippen LogP contribution >= 0.6 is 0 Å². The van der Waals surface area contributed by atoms with Crippen LogP contribution in [0.25, 0.3) is 0 Å². The summed E-state index contributed by atoms with van der Waals surface area (Å²) >= 11 is 0. The van der Waals surface area contributed by atoms with E-state index < -0.39 is 0 Å². The monoisotopic (exact) mass is 430 g/mol. The molecule has 0 aromatic rings. The van der Waals surface area contributed by atoms with Crippen LogP contribution in [-0.4, -0.2) is 68.9 Å². The summed E-state index contributed by atoms with van der Waals surface area (Å²) in [5.74, 6) is 0. The summed E-state index contributed by atoms with van der Waals surface area (Å²) in [5, 5.41) is 6.44. The molecule has 0 saturated carbocycles. The molecule has 5 nitrogen and oxygen atoms in total. The Kier molecular flexibility index (Phi) is 22.7. The molecular formula is C25H56N3O2+. The van der Waals surface area contributed by atoms with Gasteiger partial charge in [0.05, 0.1) is 26.2 Å². The molecule has 0 spiro atoms. The van der Waals surface area contributed by atoms with Crippen LogP contribution in [-0.2, 0) is 9.53 Å². The summed E-state index contributed by atoms with van der Waals surface area (Å²) in [6, 6.07) is 0. The van der Waals surface area contributed by atoms with Crippen molar-refractivity contribution in [2.45, 2.75) is 105 Å². The number of quaternary nitrogens is 1. The molecule has 2 N–H and O–H groups in total. The van der Waals surface area contributed by atoms with Gasteiger partial charge in [0.1, 0.15) is 5.60 Å². The van der Waals surface area contributed by atoms with Gasteiger partial charge >= 0.3 is 0 Å². The first-order valence-corrected chi connectivity index (χ1v) is 12.7. The van der Waals surface area contributed by atoms with Crippen LogP contribution in [0.15, 0.2) is 0 Å². The van der Waals surface area contributed by atoms with Crippen LogP contribution in [0.3, 0.4) is 0 Å². The molecule has 182 valence electrons. The third kappa shape index (κ3) is 22.0. The van der Waals surface area contributed by atoms with Gasteiger partial charge in [-0.1, -0.05) is 53.4 Å². The second-order valence-corrected chi connectivity index (χ2v) is 9.48. The summed E-state index contributed by atoms with van der Waals surface area (Å²) in [4.78, 5) is 9.60. The topological polar surface area (TPSA) is 50.4 Å². The minimum Gasteiger partial charge on any atom is -0.462 e. The summed E-state index contributed by atoms with van der Waals surface area (Å²) in [7, 11) is 0. The molecule has 1 saturated heterocycles. The van der Waals surface area contributed by atoms with Gasteiger partial charge in [-0.3, -0.25) is 4.79 Å². The van der Waals surface area contributed by atoms with Crippen LogP contribution in [0.2, 0.25) is 0 Å². The first-order valence-electron chi connectivity index (χ1n) is 12.7. The predicted octanol–water partition coefficient (Wildman–Crippen LogP) is 5.14. The largest absolute Gasteiger partial charge is 0.462 e. The molecule has 0 aromatic carbocycles. The Morgan fingerprint density at radius 2 is 1.00 bits per heavy atom. The number of rotatable bonds is 13. The number of carbonyl (C=O) groups excluding carboxylic acids is 1. The molecule has 1 fully saturated rings. The molecule has 1 heterocycles. The molecule has 0 radical (unpaired) electrons. The second-order valence-electron chi connectivity index (χ2n) is 9.48. The maximum atomic E-state index is 9.60. The fourth-order valence-electron chi connectivity index (χ4n) is 3.39. The van der Waals surface area contributed by atoms with Gasteiger partial charge in [0.15, 0.2) is 0 Å². The Labute approximate surface area is 189 Å². The molecule has 0 bridgehead atoms. The van der Waals surface area contributed by atoms with Crippen molar-refractivity contribution in [1.82, 2.24) is 10.6 Å². The van der Waals surface area contributed by atoms with Gasteiger partial charge in [0, 0.05) is 26.2 Å². The molecule has 0 aromatic heterocycles. The first-order chi connectivity index (χ1) is 14.3. The lowest BCUT2D eigenvalue weighted by molar-refractivity contribution is -0.929. The number of hydrogen-bond acceptors (Lipinski definition) is 4. The molecule has 0 aliphatic carbocycles. The van der Waals surface area contributed by atoms with Crippen molar-refractivity contribution in [1.29, 1.82) is 0 Å². The van der Waals surface area contributed by atoms with Gasteiger partial charge in [-0.2, -0.15) is 0 Å². The summed E-state index contributed by atoms with van der Waals surface area (Å²) in [6.07, 6.45) is 11.1. The molecule has 0 amide bonds. The Balaban J connectivity index is 0. The van der Waals surface area contributed by atoms with Crippen LogP contribution < -0.4 is 10.6 Å². The quantitative estimate of drug-likeness (QED) is 0.314. The third-order valence-electron chi connectivity index (χ3n) is 5.30. The minimum atomic E-state index is -0.318. The highest BCUT2D eigenvalue weighted by atomic mass is 16.5. The average molecular weight is 431 g/mol. The first kappa shape index (κ1) is 31.5. The fraction of sp³-hybridized carbons (Fsp3) is 0.960. The normalized spacial score (nSPS) is 14.1. The predicted molar refractivity (Wildman–Crippen MR) is 132 cm³/mol. The molecule has 30 heavy (non-hydrogen) atoms. The zero-order valence-electron chi connectivity index (χ0n) is 21.7. The molecular weight excluding hydrogens is 374 g/mol. The van der Waals surface area contributed by atoms with Gasteiger partial charge < -0.3 is 19.9 Å². The Hall–Kier alpha value is -0.650. The van der Waals surface area contributed by atoms with Gasteiger partial charge in [0.2, 0.25) is 0 Å². The standard InChI is InChI=1S/C16H36N.C5H10O2.C4H10N2/c1-5-9-13-17(14-10-6-2,15-11-7-3)16-12-8-4;1-5(2,3)7-4-6;1-2-6-4-3-5-1/h5-16H2,1-4H3;4H,1-3H3;5-6H,1-4H2/q+1;;. The Morgan fingerprint density at radius 3 is 1.13 bits per heavy atom. The van der Waals surface area contributed by atoms with E-state index in [0.29, 0.717) is 6.47 Å². The number of piperazine rings is 1. The lowest BCUT2D eigenvalue weighted by Crippen LogP contribution is -2.50. The third-order valence-corrected chi connectivity index (χ3v) is 5.30. The highest BCUT2D eigenvalue weighted by Crippen LogP contribution is 2.16. The van der Waals surface area contributed by atoms with Crippen molar-refractivity contribution in [2.75, 3.05) is 52.4 Å². The van der Waals surface area contributed by atoms with E-state index >= 15 is 0 Å². The van der Waals surface area contributed by atoms with E-state index in [1.54, 1.807) is 0 Å². The second kappa shape index (κ2) is 21.6. The Bertz CT molecular complexity index is 304. The summed E-state index contributed by atoms with van der Waals surface area (Å²) < 4.78 is 5.97. The lowest BCUT2D eigenvalue weighted by atomic mass is 10.1. The average Bonchev–Trinajstić information content (AvgIpc) is 2.74. The lowest BCUT2D eigenvalue weighted by Gasteiger charge is -2.39. The van der Waals surface area contributed by atoms with Crippen molar-refractivity contribution in [3.05, 3.63) is 0 Å². The highest BCUT2D eigenvalue weighted by Gasteiger charge is 2.24. The molecule has 1 aliphatic heterocycles. The smallest absolute Gasteiger partial charge is 0.293 e. The van der Waals surface area contributed by atoms with Crippen molar-refractivity contribution in [3.8, 4) is 0 Å². The van der Waals surface area contributed by atoms with E-state index in [9.17, 15) is 4.79 Å². The van der Waals surface area contributed by atoms with E-state index in [1.807, 2.05) is 20.8 Å². The van der Waals surface area contributed by atoms with Crippen molar-refractivity contribution < 1.29 is 14.0 Å². The summed E-state index contributed by atoms with van der Waals surface area (Å²) in [5.41, 5.74) is -0.318. The van der Waals surface area contributed by atoms with Gasteiger partial charge in [-0.25, -0.2) is 0 Å². The van der Waals surface area contributed by atoms with Crippen molar-refractivity contribution >= 4 is 6.47 Å². The van der Waals surface area contributed by atoms with Gasteiger partial charge in [-0.15, -0.1) is 0 Å². The number of nitrogens with one attached hydrogen (secondary N) is 2. The van der Waals surface area contributed by atoms with E-state index in [4.69, 9.17) is 0 Å². The van der Waals surface area contributed by atoms with Crippen molar-refractivity contribution in [2.24, 2.45) is 0 Å². The highest BCUT2D eigenvalue weighted by molar-refractivity contribution is 5.37. The molecule has 5 heteroatoms. The van der Waals surface area contributed by atoms with Gasteiger partial charge in [-0.05, 0) is 46.5 Å². The molecule has 0 unspecified atom stereocenters. The van der Waals surface area contributed by atoms with Crippen LogP contribution in [0.4, 0.5) is 0 Å². The number of carbonyl (C=O) groups is 1. The van der Waals surface area contributed by atoms with Crippen molar-refractivity contribution in [3.63, 3.8) is 0 Å².